The van der Waals surface area contributed by atoms with Gasteiger partial charge >= 0.3 is 0 Å². The lowest BCUT2D eigenvalue weighted by Crippen LogP contribution is -2.55. The lowest BCUT2D eigenvalue weighted by molar-refractivity contribution is 0.0257. The van der Waals surface area contributed by atoms with Gasteiger partial charge in [0.2, 0.25) is 0 Å². The Morgan fingerprint density at radius 1 is 1.35 bits per heavy atom. The van der Waals surface area contributed by atoms with Crippen LogP contribution in [0.3, 0.4) is 0 Å². The van der Waals surface area contributed by atoms with Crippen molar-refractivity contribution < 1.29 is 0 Å². The molecule has 0 aromatic carbocycles. The van der Waals surface area contributed by atoms with Gasteiger partial charge in [0, 0.05) is 31.1 Å². The predicted octanol–water partition coefficient (Wildman–Crippen LogP) is 2.76. The van der Waals surface area contributed by atoms with Crippen molar-refractivity contribution in [3.8, 4) is 0 Å². The van der Waals surface area contributed by atoms with Crippen molar-refractivity contribution in [2.45, 2.75) is 45.6 Å². The zero-order valence-electron chi connectivity index (χ0n) is 11.8. The van der Waals surface area contributed by atoms with Crippen LogP contribution in [0.2, 0.25) is 0 Å². The molecule has 0 aromatic heterocycles. The second kappa shape index (κ2) is 5.11. The molecule has 0 radical (unpaired) electrons. The lowest BCUT2D eigenvalue weighted by Gasteiger charge is -2.46. The van der Waals surface area contributed by atoms with E-state index in [1.165, 1.54) is 57.4 Å². The smallest absolute Gasteiger partial charge is 0.00968 e. The van der Waals surface area contributed by atoms with Crippen molar-refractivity contribution in [1.82, 2.24) is 9.80 Å². The van der Waals surface area contributed by atoms with Gasteiger partial charge in [0.05, 0.1) is 0 Å². The Morgan fingerprint density at radius 2 is 2.06 bits per heavy atom. The summed E-state index contributed by atoms with van der Waals surface area (Å²) in [6.45, 7) is 13.8. The van der Waals surface area contributed by atoms with Gasteiger partial charge in [-0.3, -0.25) is 4.90 Å². The van der Waals surface area contributed by atoms with E-state index < -0.39 is 0 Å². The van der Waals surface area contributed by atoms with Crippen LogP contribution < -0.4 is 0 Å². The van der Waals surface area contributed by atoms with E-state index in [4.69, 9.17) is 0 Å². The summed E-state index contributed by atoms with van der Waals surface area (Å²) in [6, 6.07) is 0.789. The average Bonchev–Trinajstić information content (AvgIpc) is 2.63. The molecule has 98 valence electrons. The fourth-order valence-corrected chi connectivity index (χ4v) is 3.70. The molecule has 0 saturated carbocycles. The van der Waals surface area contributed by atoms with Crippen LogP contribution in [0.4, 0.5) is 0 Å². The molecule has 1 spiro atoms. The van der Waals surface area contributed by atoms with Gasteiger partial charge in [0.15, 0.2) is 0 Å². The van der Waals surface area contributed by atoms with Crippen molar-refractivity contribution in [1.29, 1.82) is 0 Å². The van der Waals surface area contributed by atoms with Crippen LogP contribution in [0.1, 0.15) is 39.5 Å². The number of nitrogens with zero attached hydrogens (tertiary/aromatic N) is 2. The largest absolute Gasteiger partial charge is 0.305 e. The molecule has 2 heterocycles. The van der Waals surface area contributed by atoms with Crippen LogP contribution in [0.15, 0.2) is 12.2 Å². The predicted molar refractivity (Wildman–Crippen MR) is 74.2 cm³/mol. The third-order valence-corrected chi connectivity index (χ3v) is 4.57. The first-order valence-corrected chi connectivity index (χ1v) is 7.12. The number of allylic oxidation sites excluding steroid dienone is 1. The minimum Gasteiger partial charge on any atom is -0.305 e. The summed E-state index contributed by atoms with van der Waals surface area (Å²) in [5.41, 5.74) is 1.99. The Kier molecular flexibility index (Phi) is 3.94. The second-order valence-corrected chi connectivity index (χ2v) is 6.45. The summed E-state index contributed by atoms with van der Waals surface area (Å²) in [6.07, 6.45) is 5.21. The highest BCUT2D eigenvalue weighted by atomic mass is 15.3. The molecule has 2 nitrogen and oxygen atoms in total. The zero-order valence-corrected chi connectivity index (χ0v) is 11.8. The van der Waals surface area contributed by atoms with Gasteiger partial charge in [0.1, 0.15) is 0 Å². The van der Waals surface area contributed by atoms with Crippen molar-refractivity contribution in [2.24, 2.45) is 5.41 Å². The molecule has 0 bridgehead atoms. The Labute approximate surface area is 107 Å². The molecule has 2 heteroatoms. The Morgan fingerprint density at radius 3 is 2.59 bits per heavy atom. The van der Waals surface area contributed by atoms with Gasteiger partial charge in [-0.15, -0.1) is 6.58 Å². The summed E-state index contributed by atoms with van der Waals surface area (Å²) in [5.74, 6) is 0. The van der Waals surface area contributed by atoms with Gasteiger partial charge in [-0.05, 0) is 46.2 Å². The second-order valence-electron chi connectivity index (χ2n) is 6.45. The fraction of sp³-hybridized carbons (Fsp3) is 0.867. The minimum absolute atomic E-state index is 0.658. The molecular formula is C15H28N2. The molecule has 1 unspecified atom stereocenters. The number of likely N-dealkylation sites (tertiary alicyclic amines) is 2. The molecule has 2 rings (SSSR count). The number of hydrogen-bond acceptors (Lipinski definition) is 2. The molecule has 2 saturated heterocycles. The van der Waals surface area contributed by atoms with Crippen molar-refractivity contribution in [3.05, 3.63) is 12.2 Å². The van der Waals surface area contributed by atoms with Gasteiger partial charge in [-0.25, -0.2) is 0 Å². The van der Waals surface area contributed by atoms with Crippen LogP contribution in [0.5, 0.6) is 0 Å². The van der Waals surface area contributed by atoms with E-state index in [-0.39, 0.29) is 0 Å². The summed E-state index contributed by atoms with van der Waals surface area (Å²) in [4.78, 5) is 5.20. The third-order valence-electron chi connectivity index (χ3n) is 4.57. The monoisotopic (exact) mass is 236 g/mol. The Bertz CT molecular complexity index is 279. The van der Waals surface area contributed by atoms with E-state index >= 15 is 0 Å². The molecule has 2 aliphatic heterocycles. The van der Waals surface area contributed by atoms with E-state index in [9.17, 15) is 0 Å². The van der Waals surface area contributed by atoms with E-state index in [0.29, 0.717) is 5.41 Å². The molecule has 0 aromatic rings. The molecule has 17 heavy (non-hydrogen) atoms. The van der Waals surface area contributed by atoms with E-state index in [1.54, 1.807) is 0 Å². The van der Waals surface area contributed by atoms with Crippen molar-refractivity contribution >= 4 is 0 Å². The normalized spacial score (nSPS) is 26.1. The molecule has 1 atom stereocenters. The molecule has 2 aliphatic rings. The van der Waals surface area contributed by atoms with Crippen LogP contribution in [-0.4, -0.2) is 49.1 Å². The third kappa shape index (κ3) is 2.92. The first kappa shape index (κ1) is 13.1. The maximum Gasteiger partial charge on any atom is 0.00968 e. The quantitative estimate of drug-likeness (QED) is 0.677. The van der Waals surface area contributed by atoms with E-state index in [2.05, 4.69) is 37.3 Å². The van der Waals surface area contributed by atoms with E-state index in [1.807, 2.05) is 0 Å². The Balaban J connectivity index is 1.83. The number of hydrogen-bond donors (Lipinski definition) is 0. The van der Waals surface area contributed by atoms with Crippen molar-refractivity contribution in [3.63, 3.8) is 0 Å². The van der Waals surface area contributed by atoms with Gasteiger partial charge < -0.3 is 4.90 Å². The zero-order chi connectivity index (χ0) is 12.5. The van der Waals surface area contributed by atoms with Crippen LogP contribution in [0, 0.1) is 5.41 Å². The molecular weight excluding hydrogens is 208 g/mol. The minimum atomic E-state index is 0.658. The van der Waals surface area contributed by atoms with E-state index in [0.717, 1.165) is 6.04 Å². The topological polar surface area (TPSA) is 6.48 Å². The maximum absolute atomic E-state index is 4.03. The first-order chi connectivity index (χ1) is 8.04. The van der Waals surface area contributed by atoms with Crippen LogP contribution in [0.25, 0.3) is 0 Å². The summed E-state index contributed by atoms with van der Waals surface area (Å²) in [5, 5.41) is 0. The average molecular weight is 236 g/mol. The molecule has 2 fully saturated rings. The van der Waals surface area contributed by atoms with Gasteiger partial charge in [0.25, 0.3) is 0 Å². The highest BCUT2D eigenvalue weighted by molar-refractivity contribution is 5.01. The standard InChI is InChI=1S/C15H28N2/c1-5-14(7-6-13(2)3)17-9-8-15(12-17)10-16(4)11-15/h14H,2,5-12H2,1,3-4H3. The highest BCUT2D eigenvalue weighted by Crippen LogP contribution is 2.40. The maximum atomic E-state index is 4.03. The van der Waals surface area contributed by atoms with Crippen LogP contribution >= 0.6 is 0 Å². The highest BCUT2D eigenvalue weighted by Gasteiger charge is 2.46. The summed E-state index contributed by atoms with van der Waals surface area (Å²) in [7, 11) is 2.24. The fourth-order valence-electron chi connectivity index (χ4n) is 3.70. The summed E-state index contributed by atoms with van der Waals surface area (Å²) >= 11 is 0. The van der Waals surface area contributed by atoms with Gasteiger partial charge in [-0.2, -0.15) is 0 Å². The Hall–Kier alpha value is -0.340. The molecule has 0 amide bonds. The SMILES string of the molecule is C=C(C)CCC(CC)N1CCC2(CN(C)C2)C1. The lowest BCUT2D eigenvalue weighted by atomic mass is 9.79. The first-order valence-electron chi connectivity index (χ1n) is 7.12. The van der Waals surface area contributed by atoms with Crippen LogP contribution in [-0.2, 0) is 0 Å². The van der Waals surface area contributed by atoms with Crippen molar-refractivity contribution in [2.75, 3.05) is 33.2 Å². The molecule has 0 aliphatic carbocycles. The molecule has 0 N–H and O–H groups in total. The summed E-state index contributed by atoms with van der Waals surface area (Å²) < 4.78 is 0. The van der Waals surface area contributed by atoms with Gasteiger partial charge in [-0.1, -0.05) is 12.5 Å². The number of rotatable bonds is 5.